The molecule has 19 heavy (non-hydrogen) atoms. The molecule has 6 N–H and O–H groups in total. The number of carbonyl (C=O) groups excluding carboxylic acids is 2. The van der Waals surface area contributed by atoms with Crippen LogP contribution in [0.15, 0.2) is 12.3 Å². The van der Waals surface area contributed by atoms with E-state index < -0.39 is 40.5 Å². The van der Waals surface area contributed by atoms with E-state index in [1.807, 2.05) is 0 Å². The molecule has 0 aliphatic rings. The van der Waals surface area contributed by atoms with Crippen LogP contribution in [0.2, 0.25) is 0 Å². The lowest BCUT2D eigenvalue weighted by atomic mass is 10.2. The molecule has 0 spiro atoms. The molecule has 1 unspecified atom stereocenters. The first-order valence-corrected chi connectivity index (χ1v) is 7.98. The zero-order valence-electron chi connectivity index (χ0n) is 10.3. The molecule has 0 heterocycles. The molecule has 10 heteroatoms. The van der Waals surface area contributed by atoms with E-state index in [9.17, 15) is 13.8 Å². The van der Waals surface area contributed by atoms with Crippen LogP contribution in [0.25, 0.3) is 0 Å². The number of carbonyl (C=O) groups is 2. The van der Waals surface area contributed by atoms with Crippen molar-refractivity contribution in [3.05, 3.63) is 12.3 Å². The summed E-state index contributed by atoms with van der Waals surface area (Å²) in [6, 6.07) is -1.85. The van der Waals surface area contributed by atoms with Gasteiger partial charge >= 0.3 is 0 Å². The number of aliphatic hydroxyl groups excluding tert-OH is 1. The predicted molar refractivity (Wildman–Crippen MR) is 80.5 cm³/mol. The molecule has 0 aliphatic heterocycles. The first-order chi connectivity index (χ1) is 8.79. The Morgan fingerprint density at radius 1 is 1.53 bits per heavy atom. The topological polar surface area (TPSA) is 134 Å². The quantitative estimate of drug-likeness (QED) is 0.139. The van der Waals surface area contributed by atoms with Gasteiger partial charge in [-0.3, -0.25) is 19.2 Å². The summed E-state index contributed by atoms with van der Waals surface area (Å²) >= 11 is 1.80. The van der Waals surface area contributed by atoms with E-state index in [0.29, 0.717) is 12.2 Å². The summed E-state index contributed by atoms with van der Waals surface area (Å²) in [6.07, 6.45) is 1.90. The van der Waals surface area contributed by atoms with Crippen molar-refractivity contribution in [2.24, 2.45) is 5.73 Å². The summed E-state index contributed by atoms with van der Waals surface area (Å²) in [5.41, 5.74) is 9.52. The third kappa shape index (κ3) is 7.44. The Bertz CT molecular complexity index is 365. The van der Waals surface area contributed by atoms with Crippen LogP contribution in [0.5, 0.6) is 0 Å². The van der Waals surface area contributed by atoms with Gasteiger partial charge in [0.1, 0.15) is 5.76 Å². The Morgan fingerprint density at radius 2 is 2.11 bits per heavy atom. The molecule has 0 aromatic rings. The van der Waals surface area contributed by atoms with Gasteiger partial charge in [0, 0.05) is 45.7 Å². The van der Waals surface area contributed by atoms with Gasteiger partial charge in [0.25, 0.3) is 5.91 Å². The standard InChI is InChI=1S/C9H17IN4O4S/c1-5(15)7(8(11)16)13-14-9(17)6(12-10)3-4-19(2)18/h6-7,12-13,15H,1,3-4H2,2H3,(H2,11,16)(H,14,17)/t6-,7-,19?/m0/s1. The second-order valence-electron chi connectivity index (χ2n) is 3.69. The van der Waals surface area contributed by atoms with Gasteiger partial charge in [0.15, 0.2) is 6.04 Å². The molecule has 2 amide bonds. The van der Waals surface area contributed by atoms with E-state index in [-0.39, 0.29) is 0 Å². The molecule has 0 bridgehead atoms. The van der Waals surface area contributed by atoms with E-state index in [1.54, 1.807) is 29.1 Å². The first kappa shape index (κ1) is 18.3. The van der Waals surface area contributed by atoms with Crippen molar-refractivity contribution in [2.45, 2.75) is 18.5 Å². The Kier molecular flexibility index (Phi) is 8.88. The van der Waals surface area contributed by atoms with Gasteiger partial charge in [0.2, 0.25) is 5.91 Å². The monoisotopic (exact) mass is 404 g/mol. The van der Waals surface area contributed by atoms with Crippen molar-refractivity contribution in [2.75, 3.05) is 12.0 Å². The van der Waals surface area contributed by atoms with Crippen molar-refractivity contribution in [1.29, 1.82) is 0 Å². The van der Waals surface area contributed by atoms with Crippen molar-refractivity contribution in [3.8, 4) is 0 Å². The van der Waals surface area contributed by atoms with E-state index in [4.69, 9.17) is 10.8 Å². The first-order valence-electron chi connectivity index (χ1n) is 5.18. The molecule has 8 nitrogen and oxygen atoms in total. The molecular weight excluding hydrogens is 387 g/mol. The highest BCUT2D eigenvalue weighted by Crippen LogP contribution is 1.98. The van der Waals surface area contributed by atoms with E-state index in [2.05, 4.69) is 21.0 Å². The van der Waals surface area contributed by atoms with Crippen LogP contribution >= 0.6 is 22.9 Å². The minimum Gasteiger partial charge on any atom is -0.511 e. The van der Waals surface area contributed by atoms with Gasteiger partial charge in [0.05, 0.1) is 6.04 Å². The van der Waals surface area contributed by atoms with Crippen LogP contribution in [-0.4, -0.2) is 45.2 Å². The third-order valence-corrected chi connectivity index (χ3v) is 3.66. The zero-order valence-corrected chi connectivity index (χ0v) is 13.3. The highest BCUT2D eigenvalue weighted by Gasteiger charge is 2.22. The highest BCUT2D eigenvalue weighted by atomic mass is 127. The van der Waals surface area contributed by atoms with Crippen molar-refractivity contribution < 1.29 is 18.9 Å². The highest BCUT2D eigenvalue weighted by molar-refractivity contribution is 14.1. The van der Waals surface area contributed by atoms with Gasteiger partial charge in [-0.25, -0.2) is 8.96 Å². The number of halogens is 1. The maximum absolute atomic E-state index is 11.7. The number of rotatable bonds is 9. The second kappa shape index (κ2) is 9.23. The normalized spacial score (nSPS) is 15.3. The largest absolute Gasteiger partial charge is 0.511 e. The summed E-state index contributed by atoms with van der Waals surface area (Å²) in [4.78, 5) is 22.7. The van der Waals surface area contributed by atoms with Crippen LogP contribution in [0.3, 0.4) is 0 Å². The number of amides is 2. The van der Waals surface area contributed by atoms with Gasteiger partial charge < -0.3 is 10.8 Å². The minimum absolute atomic E-state index is 0.361. The van der Waals surface area contributed by atoms with Crippen LogP contribution in [0.4, 0.5) is 0 Å². The summed E-state index contributed by atoms with van der Waals surface area (Å²) in [6.45, 7) is 3.16. The Labute approximate surface area is 127 Å². The number of nitrogens with one attached hydrogen (secondary N) is 3. The summed E-state index contributed by atoms with van der Waals surface area (Å²) < 4.78 is 13.7. The van der Waals surface area contributed by atoms with Gasteiger partial charge in [-0.2, -0.15) is 0 Å². The fraction of sp³-hybridized carbons (Fsp3) is 0.556. The molecular formula is C9H17IN4O4S. The molecule has 110 valence electrons. The maximum atomic E-state index is 11.7. The molecule has 0 saturated heterocycles. The SMILES string of the molecule is C=C(O)[C@H](NNC(=O)[C@H](CCS(C)=O)NI)C(N)=O. The van der Waals surface area contributed by atoms with Crippen molar-refractivity contribution >= 4 is 45.5 Å². The fourth-order valence-electron chi connectivity index (χ4n) is 1.07. The number of primary amides is 1. The maximum Gasteiger partial charge on any atom is 0.251 e. The summed E-state index contributed by atoms with van der Waals surface area (Å²) in [5.74, 6) is -1.48. The number of nitrogens with two attached hydrogens (primary N) is 1. The third-order valence-electron chi connectivity index (χ3n) is 2.10. The van der Waals surface area contributed by atoms with E-state index >= 15 is 0 Å². The molecule has 0 radical (unpaired) electrons. The Morgan fingerprint density at radius 3 is 2.47 bits per heavy atom. The predicted octanol–water partition coefficient (Wildman–Crippen LogP) is -1.39. The Balaban J connectivity index is 4.36. The second-order valence-corrected chi connectivity index (χ2v) is 5.87. The number of hydrogen-bond acceptors (Lipinski definition) is 6. The van der Waals surface area contributed by atoms with Crippen LogP contribution in [0.1, 0.15) is 6.42 Å². The van der Waals surface area contributed by atoms with Crippen LogP contribution < -0.4 is 20.1 Å². The number of hydrogen-bond donors (Lipinski definition) is 5. The van der Waals surface area contributed by atoms with E-state index in [0.717, 1.165) is 0 Å². The molecule has 0 aromatic heterocycles. The molecule has 3 atom stereocenters. The van der Waals surface area contributed by atoms with Crippen molar-refractivity contribution in [1.82, 2.24) is 14.4 Å². The summed E-state index contributed by atoms with van der Waals surface area (Å²) in [7, 11) is -1.00. The Hall–Kier alpha value is -0.720. The molecule has 0 aliphatic carbocycles. The fourth-order valence-corrected chi connectivity index (χ4v) is 2.23. The number of aliphatic hydroxyl groups is 1. The lowest BCUT2D eigenvalue weighted by Gasteiger charge is -2.18. The van der Waals surface area contributed by atoms with Crippen LogP contribution in [0, 0.1) is 0 Å². The average molecular weight is 404 g/mol. The zero-order chi connectivity index (χ0) is 15.0. The minimum atomic E-state index is -1.26. The van der Waals surface area contributed by atoms with E-state index in [1.165, 1.54) is 0 Å². The number of hydrazine groups is 1. The molecule has 0 fully saturated rings. The molecule has 0 saturated carbocycles. The molecule has 0 rings (SSSR count). The van der Waals surface area contributed by atoms with Gasteiger partial charge in [-0.15, -0.1) is 0 Å². The van der Waals surface area contributed by atoms with Crippen molar-refractivity contribution in [3.63, 3.8) is 0 Å². The lowest BCUT2D eigenvalue weighted by Crippen LogP contribution is -2.55. The van der Waals surface area contributed by atoms with Gasteiger partial charge in [-0.05, 0) is 6.42 Å². The molecule has 0 aromatic carbocycles. The average Bonchev–Trinajstić information content (AvgIpc) is 2.28. The smallest absolute Gasteiger partial charge is 0.251 e. The van der Waals surface area contributed by atoms with Crippen LogP contribution in [-0.2, 0) is 20.4 Å². The lowest BCUT2D eigenvalue weighted by molar-refractivity contribution is -0.124. The van der Waals surface area contributed by atoms with Gasteiger partial charge in [-0.1, -0.05) is 6.58 Å². The summed E-state index contributed by atoms with van der Waals surface area (Å²) in [5, 5.41) is 9.10.